The molecule has 2 rings (SSSR count). The molecule has 1 aromatic heterocycles. The van der Waals surface area contributed by atoms with Gasteiger partial charge in [0.2, 0.25) is 0 Å². The van der Waals surface area contributed by atoms with Gasteiger partial charge in [-0.1, -0.05) is 12.1 Å². The van der Waals surface area contributed by atoms with E-state index in [4.69, 9.17) is 0 Å². The second kappa shape index (κ2) is 5.58. The van der Waals surface area contributed by atoms with Crippen molar-refractivity contribution in [3.05, 3.63) is 37.2 Å². The van der Waals surface area contributed by atoms with Crippen LogP contribution < -0.4 is 0 Å². The van der Waals surface area contributed by atoms with E-state index in [0.29, 0.717) is 17.9 Å². The van der Waals surface area contributed by atoms with Crippen LogP contribution in [-0.4, -0.2) is 9.55 Å². The topological polar surface area (TPSA) is 17.8 Å². The Bertz CT molecular complexity index is 606. The first-order chi connectivity index (χ1) is 8.84. The third-order valence-electron chi connectivity index (χ3n) is 2.63. The van der Waals surface area contributed by atoms with E-state index in [-0.39, 0.29) is 0 Å². The zero-order chi connectivity index (χ0) is 14.2. The SMILES string of the molecule is CCn1c(-c2cccc(C(F)(F)F)c2)nc(I)c1I. The molecule has 0 saturated carbocycles. The first-order valence-corrected chi connectivity index (χ1v) is 7.59. The van der Waals surface area contributed by atoms with Gasteiger partial charge in [0, 0.05) is 12.1 Å². The summed E-state index contributed by atoms with van der Waals surface area (Å²) in [7, 11) is 0. The van der Waals surface area contributed by atoms with Crippen LogP contribution in [0.25, 0.3) is 11.4 Å². The maximum Gasteiger partial charge on any atom is 0.416 e. The highest BCUT2D eigenvalue weighted by Crippen LogP contribution is 2.32. The predicted molar refractivity (Wildman–Crippen MR) is 83.8 cm³/mol. The number of benzene rings is 1. The summed E-state index contributed by atoms with van der Waals surface area (Å²) in [6.45, 7) is 2.61. The largest absolute Gasteiger partial charge is 0.416 e. The molecule has 0 aliphatic heterocycles. The zero-order valence-electron chi connectivity index (χ0n) is 9.80. The number of nitrogens with zero attached hydrogens (tertiary/aromatic N) is 2. The second-order valence-corrected chi connectivity index (χ2v) is 5.88. The highest BCUT2D eigenvalue weighted by atomic mass is 127. The second-order valence-electron chi connectivity index (χ2n) is 3.84. The van der Waals surface area contributed by atoms with E-state index in [1.165, 1.54) is 6.07 Å². The van der Waals surface area contributed by atoms with Crippen LogP contribution in [-0.2, 0) is 12.7 Å². The molecule has 0 bridgehead atoms. The van der Waals surface area contributed by atoms with Crippen molar-refractivity contribution in [2.45, 2.75) is 19.6 Å². The van der Waals surface area contributed by atoms with Crippen LogP contribution >= 0.6 is 45.2 Å². The highest BCUT2D eigenvalue weighted by Gasteiger charge is 2.30. The van der Waals surface area contributed by atoms with Crippen molar-refractivity contribution in [1.29, 1.82) is 0 Å². The average molecular weight is 492 g/mol. The van der Waals surface area contributed by atoms with Crippen molar-refractivity contribution in [1.82, 2.24) is 9.55 Å². The Labute approximate surface area is 135 Å². The van der Waals surface area contributed by atoms with E-state index in [0.717, 1.165) is 19.5 Å². The molecule has 0 radical (unpaired) electrons. The maximum atomic E-state index is 12.7. The molecule has 0 atom stereocenters. The summed E-state index contributed by atoms with van der Waals surface area (Å²) in [5.41, 5.74) is -0.168. The molecule has 1 heterocycles. The predicted octanol–water partition coefficient (Wildman–Crippen LogP) is 4.80. The summed E-state index contributed by atoms with van der Waals surface area (Å²) in [6, 6.07) is 5.27. The van der Waals surface area contributed by atoms with Gasteiger partial charge in [-0.3, -0.25) is 0 Å². The smallest absolute Gasteiger partial charge is 0.319 e. The van der Waals surface area contributed by atoms with Gasteiger partial charge < -0.3 is 4.57 Å². The van der Waals surface area contributed by atoms with Gasteiger partial charge in [-0.25, -0.2) is 4.98 Å². The van der Waals surface area contributed by atoms with Crippen LogP contribution in [0, 0.1) is 7.40 Å². The fraction of sp³-hybridized carbons (Fsp3) is 0.250. The van der Waals surface area contributed by atoms with Crippen molar-refractivity contribution in [2.75, 3.05) is 0 Å². The molecule has 0 spiro atoms. The molecule has 2 aromatic rings. The first kappa shape index (κ1) is 15.1. The van der Waals surface area contributed by atoms with Crippen molar-refractivity contribution in [2.24, 2.45) is 0 Å². The number of hydrogen-bond acceptors (Lipinski definition) is 1. The summed E-state index contributed by atoms with van der Waals surface area (Å²) in [5.74, 6) is 0.572. The van der Waals surface area contributed by atoms with Crippen molar-refractivity contribution >= 4 is 45.2 Å². The fourth-order valence-electron chi connectivity index (χ4n) is 1.75. The Balaban J connectivity index is 2.57. The zero-order valence-corrected chi connectivity index (χ0v) is 14.1. The molecule has 7 heteroatoms. The van der Waals surface area contributed by atoms with Gasteiger partial charge >= 0.3 is 6.18 Å². The molecule has 102 valence electrons. The minimum Gasteiger partial charge on any atom is -0.319 e. The van der Waals surface area contributed by atoms with Crippen LogP contribution in [0.4, 0.5) is 13.2 Å². The monoisotopic (exact) mass is 492 g/mol. The molecule has 0 aliphatic rings. The fourth-order valence-corrected chi connectivity index (χ4v) is 2.96. The van der Waals surface area contributed by atoms with E-state index in [1.807, 2.05) is 11.5 Å². The number of hydrogen-bond donors (Lipinski definition) is 0. The lowest BCUT2D eigenvalue weighted by Crippen LogP contribution is -2.05. The number of alkyl halides is 3. The molecule has 2 nitrogen and oxygen atoms in total. The molecular weight excluding hydrogens is 483 g/mol. The van der Waals surface area contributed by atoms with Gasteiger partial charge in [-0.05, 0) is 64.2 Å². The number of aromatic nitrogens is 2. The molecule has 0 amide bonds. The third kappa shape index (κ3) is 3.06. The van der Waals surface area contributed by atoms with E-state index >= 15 is 0 Å². The van der Waals surface area contributed by atoms with E-state index in [2.05, 4.69) is 50.2 Å². The van der Waals surface area contributed by atoms with E-state index in [9.17, 15) is 13.2 Å². The summed E-state index contributed by atoms with van der Waals surface area (Å²) < 4.78 is 41.8. The average Bonchev–Trinajstić information content (AvgIpc) is 2.64. The normalized spacial score (nSPS) is 11.9. The quantitative estimate of drug-likeness (QED) is 0.552. The van der Waals surface area contributed by atoms with Gasteiger partial charge in [0.1, 0.15) is 13.2 Å². The number of rotatable bonds is 2. The Kier molecular flexibility index (Phi) is 4.43. The molecule has 0 saturated heterocycles. The lowest BCUT2D eigenvalue weighted by Gasteiger charge is -2.10. The lowest BCUT2D eigenvalue weighted by molar-refractivity contribution is -0.137. The summed E-state index contributed by atoms with van der Waals surface area (Å²) in [5, 5.41) is 0. The summed E-state index contributed by atoms with van der Waals surface area (Å²) >= 11 is 4.23. The third-order valence-corrected chi connectivity index (χ3v) is 5.51. The molecule has 0 aliphatic carbocycles. The van der Waals surface area contributed by atoms with Crippen molar-refractivity contribution in [3.63, 3.8) is 0 Å². The highest BCUT2D eigenvalue weighted by molar-refractivity contribution is 14.1. The Morgan fingerprint density at radius 3 is 2.53 bits per heavy atom. The van der Waals surface area contributed by atoms with Crippen LogP contribution in [0.15, 0.2) is 24.3 Å². The summed E-state index contributed by atoms with van der Waals surface area (Å²) in [4.78, 5) is 4.35. The molecule has 0 N–H and O–H groups in total. The first-order valence-electron chi connectivity index (χ1n) is 5.43. The van der Waals surface area contributed by atoms with Gasteiger partial charge in [-0.15, -0.1) is 0 Å². The van der Waals surface area contributed by atoms with Gasteiger partial charge in [-0.2, -0.15) is 13.2 Å². The minimum atomic E-state index is -4.33. The number of imidazole rings is 1. The molecule has 0 fully saturated rings. The minimum absolute atomic E-state index is 0.484. The number of halogens is 5. The van der Waals surface area contributed by atoms with Crippen LogP contribution in [0.2, 0.25) is 0 Å². The lowest BCUT2D eigenvalue weighted by atomic mass is 10.1. The maximum absolute atomic E-state index is 12.7. The van der Waals surface area contributed by atoms with Crippen molar-refractivity contribution in [3.8, 4) is 11.4 Å². The van der Waals surface area contributed by atoms with Gasteiger partial charge in [0.05, 0.1) is 5.56 Å². The van der Waals surface area contributed by atoms with Crippen molar-refractivity contribution < 1.29 is 13.2 Å². The Morgan fingerprint density at radius 2 is 1.95 bits per heavy atom. The standard InChI is InChI=1S/C12H9F3I2N2/c1-2-19-10(17)9(16)18-11(19)7-4-3-5-8(6-7)12(13,14)15/h3-6H,2H2,1H3. The Morgan fingerprint density at radius 1 is 1.26 bits per heavy atom. The summed E-state index contributed by atoms with van der Waals surface area (Å²) in [6.07, 6.45) is -4.33. The molecule has 1 aromatic carbocycles. The Hall–Kier alpha value is -0.320. The molecule has 19 heavy (non-hydrogen) atoms. The van der Waals surface area contributed by atoms with Crippen LogP contribution in [0.3, 0.4) is 0 Å². The van der Waals surface area contributed by atoms with Gasteiger partial charge in [0.25, 0.3) is 0 Å². The van der Waals surface area contributed by atoms with Crippen LogP contribution in [0.5, 0.6) is 0 Å². The molecule has 0 unspecified atom stereocenters. The van der Waals surface area contributed by atoms with E-state index in [1.54, 1.807) is 6.07 Å². The van der Waals surface area contributed by atoms with Crippen LogP contribution in [0.1, 0.15) is 12.5 Å². The van der Waals surface area contributed by atoms with E-state index < -0.39 is 11.7 Å². The molecular formula is C12H9F3I2N2. The van der Waals surface area contributed by atoms with Gasteiger partial charge in [0.15, 0.2) is 0 Å².